The molecule has 12 aromatic carbocycles. The van der Waals surface area contributed by atoms with E-state index in [9.17, 15) is 0 Å². The van der Waals surface area contributed by atoms with E-state index >= 15 is 0 Å². The van der Waals surface area contributed by atoms with Crippen LogP contribution in [0.15, 0.2) is 199 Å². The van der Waals surface area contributed by atoms with Gasteiger partial charge in [-0.25, -0.2) is 0 Å². The zero-order valence-electron chi connectivity index (χ0n) is 30.9. The summed E-state index contributed by atoms with van der Waals surface area (Å²) in [5.74, 6) is 0. The summed E-state index contributed by atoms with van der Waals surface area (Å²) in [6, 6.07) is 71.7. The molecule has 0 aliphatic heterocycles. The lowest BCUT2D eigenvalue weighted by molar-refractivity contribution is 0.670. The van der Waals surface area contributed by atoms with Gasteiger partial charge in [-0.15, -0.1) is 0 Å². The third kappa shape index (κ3) is 4.46. The average Bonchev–Trinajstić information content (AvgIpc) is 3.63. The molecule has 262 valence electrons. The van der Waals surface area contributed by atoms with Crippen LogP contribution in [0.4, 0.5) is 0 Å². The number of rotatable bonds is 3. The molecule has 0 radical (unpaired) electrons. The van der Waals surface area contributed by atoms with Gasteiger partial charge in [-0.05, 0) is 134 Å². The van der Waals surface area contributed by atoms with Crippen LogP contribution < -0.4 is 0 Å². The van der Waals surface area contributed by atoms with Crippen molar-refractivity contribution in [3.05, 3.63) is 194 Å². The van der Waals surface area contributed by atoms with Gasteiger partial charge >= 0.3 is 0 Å². The fourth-order valence-corrected chi connectivity index (χ4v) is 9.87. The Labute approximate surface area is 328 Å². The molecule has 0 saturated carbocycles. The first-order chi connectivity index (χ1) is 28.2. The van der Waals surface area contributed by atoms with E-state index in [0.717, 1.165) is 27.5 Å². The van der Waals surface area contributed by atoms with Crippen molar-refractivity contribution in [3.8, 4) is 33.4 Å². The van der Waals surface area contributed by atoms with Crippen LogP contribution in [-0.4, -0.2) is 0 Å². The van der Waals surface area contributed by atoms with Gasteiger partial charge in [0.25, 0.3) is 0 Å². The second-order valence-corrected chi connectivity index (χ2v) is 15.6. The Morgan fingerprint density at radius 1 is 0.263 bits per heavy atom. The molecule has 0 fully saturated rings. The molecule has 0 spiro atoms. The lowest BCUT2D eigenvalue weighted by atomic mass is 9.86. The van der Waals surface area contributed by atoms with Gasteiger partial charge in [0, 0.05) is 21.9 Å². The van der Waals surface area contributed by atoms with Crippen molar-refractivity contribution in [2.75, 3.05) is 0 Å². The number of hydrogen-bond acceptors (Lipinski definition) is 1. The summed E-state index contributed by atoms with van der Waals surface area (Å²) >= 11 is 0. The van der Waals surface area contributed by atoms with Gasteiger partial charge in [0.2, 0.25) is 0 Å². The highest BCUT2D eigenvalue weighted by molar-refractivity contribution is 6.27. The van der Waals surface area contributed by atoms with Gasteiger partial charge in [0.1, 0.15) is 11.2 Å². The van der Waals surface area contributed by atoms with Crippen molar-refractivity contribution in [3.63, 3.8) is 0 Å². The lowest BCUT2D eigenvalue weighted by Crippen LogP contribution is -1.90. The van der Waals surface area contributed by atoms with E-state index in [-0.39, 0.29) is 0 Å². The highest BCUT2D eigenvalue weighted by Crippen LogP contribution is 2.48. The number of benzene rings is 12. The van der Waals surface area contributed by atoms with Crippen LogP contribution in [0.2, 0.25) is 0 Å². The monoisotopic (exact) mass is 720 g/mol. The number of furan rings is 1. The van der Waals surface area contributed by atoms with E-state index < -0.39 is 0 Å². The van der Waals surface area contributed by atoms with Crippen LogP contribution in [0, 0.1) is 0 Å². The smallest absolute Gasteiger partial charge is 0.143 e. The Morgan fingerprint density at radius 2 is 0.930 bits per heavy atom. The Hall–Kier alpha value is -7.48. The maximum Gasteiger partial charge on any atom is 0.143 e. The van der Waals surface area contributed by atoms with E-state index in [0.29, 0.717) is 0 Å². The minimum absolute atomic E-state index is 0.895. The number of hydrogen-bond donors (Lipinski definition) is 0. The quantitative estimate of drug-likeness (QED) is 0.131. The minimum Gasteiger partial charge on any atom is -0.455 e. The normalized spacial score (nSPS) is 12.2. The zero-order valence-corrected chi connectivity index (χ0v) is 30.9. The minimum atomic E-state index is 0.895. The Bertz CT molecular complexity index is 3780. The van der Waals surface area contributed by atoms with Crippen LogP contribution in [-0.2, 0) is 0 Å². The van der Waals surface area contributed by atoms with Crippen molar-refractivity contribution < 1.29 is 4.42 Å². The summed E-state index contributed by atoms with van der Waals surface area (Å²) in [5.41, 5.74) is 8.93. The van der Waals surface area contributed by atoms with Gasteiger partial charge < -0.3 is 4.42 Å². The molecule has 0 amide bonds. The maximum atomic E-state index is 7.15. The van der Waals surface area contributed by atoms with Crippen LogP contribution >= 0.6 is 0 Å². The summed E-state index contributed by atoms with van der Waals surface area (Å²) in [6.45, 7) is 0. The summed E-state index contributed by atoms with van der Waals surface area (Å²) < 4.78 is 7.15. The molecule has 1 heteroatoms. The second-order valence-electron chi connectivity index (χ2n) is 15.6. The first-order valence-corrected chi connectivity index (χ1v) is 19.7. The molecule has 1 nitrogen and oxygen atoms in total. The molecule has 0 aliphatic carbocycles. The van der Waals surface area contributed by atoms with Gasteiger partial charge in [-0.1, -0.05) is 158 Å². The molecular formula is C56H32O. The second kappa shape index (κ2) is 11.5. The summed E-state index contributed by atoms with van der Waals surface area (Å²) in [7, 11) is 0. The SMILES string of the molecule is c1ccc(-c2ccc3cc4c(cc3c2)oc2c(-c3c5ccccc5cc5c3ccc3ccccc35)cc(-c3ccc5ccc6cccc7ccc3c5c67)cc24)cc1. The molecule has 13 rings (SSSR count). The van der Waals surface area contributed by atoms with Crippen LogP contribution in [0.5, 0.6) is 0 Å². The van der Waals surface area contributed by atoms with E-state index in [1.165, 1.54) is 103 Å². The number of fused-ring (bicyclic) bond motifs is 8. The maximum absolute atomic E-state index is 7.15. The molecule has 0 aliphatic rings. The van der Waals surface area contributed by atoms with Crippen molar-refractivity contribution >= 4 is 97.3 Å². The fraction of sp³-hybridized carbons (Fsp3) is 0. The Morgan fingerprint density at radius 3 is 1.81 bits per heavy atom. The third-order valence-corrected chi connectivity index (χ3v) is 12.5. The van der Waals surface area contributed by atoms with Gasteiger partial charge in [-0.2, -0.15) is 0 Å². The average molecular weight is 721 g/mol. The van der Waals surface area contributed by atoms with Crippen molar-refractivity contribution in [1.29, 1.82) is 0 Å². The predicted molar refractivity (Wildman–Crippen MR) is 244 cm³/mol. The van der Waals surface area contributed by atoms with Gasteiger partial charge in [-0.3, -0.25) is 0 Å². The van der Waals surface area contributed by atoms with Gasteiger partial charge in [0.15, 0.2) is 0 Å². The molecule has 0 saturated heterocycles. The molecule has 0 N–H and O–H groups in total. The van der Waals surface area contributed by atoms with E-state index in [2.05, 4.69) is 194 Å². The van der Waals surface area contributed by atoms with Gasteiger partial charge in [0.05, 0.1) is 0 Å². The summed E-state index contributed by atoms with van der Waals surface area (Å²) in [6.07, 6.45) is 0. The Balaban J connectivity index is 1.17. The van der Waals surface area contributed by atoms with Crippen molar-refractivity contribution in [2.24, 2.45) is 0 Å². The molecule has 13 aromatic rings. The third-order valence-electron chi connectivity index (χ3n) is 12.5. The van der Waals surface area contributed by atoms with E-state index in [1.807, 2.05) is 0 Å². The summed E-state index contributed by atoms with van der Waals surface area (Å²) in [4.78, 5) is 0. The lowest BCUT2D eigenvalue weighted by Gasteiger charge is -2.17. The zero-order chi connectivity index (χ0) is 37.2. The first-order valence-electron chi connectivity index (χ1n) is 19.7. The molecule has 1 heterocycles. The highest BCUT2D eigenvalue weighted by atomic mass is 16.3. The topological polar surface area (TPSA) is 13.1 Å². The fourth-order valence-electron chi connectivity index (χ4n) is 9.87. The molecule has 57 heavy (non-hydrogen) atoms. The molecule has 0 bridgehead atoms. The molecule has 0 atom stereocenters. The van der Waals surface area contributed by atoms with Crippen molar-refractivity contribution in [1.82, 2.24) is 0 Å². The molecule has 0 unspecified atom stereocenters. The summed E-state index contributed by atoms with van der Waals surface area (Å²) in [5, 5.41) is 19.7. The first kappa shape index (κ1) is 30.8. The van der Waals surface area contributed by atoms with Crippen molar-refractivity contribution in [2.45, 2.75) is 0 Å². The predicted octanol–water partition coefficient (Wildman–Crippen LogP) is 16.1. The van der Waals surface area contributed by atoms with E-state index in [4.69, 9.17) is 4.42 Å². The Kier molecular flexibility index (Phi) is 6.23. The highest BCUT2D eigenvalue weighted by Gasteiger charge is 2.22. The van der Waals surface area contributed by atoms with Crippen LogP contribution in [0.3, 0.4) is 0 Å². The van der Waals surface area contributed by atoms with Crippen LogP contribution in [0.25, 0.3) is 131 Å². The van der Waals surface area contributed by atoms with E-state index in [1.54, 1.807) is 0 Å². The largest absolute Gasteiger partial charge is 0.455 e. The molecular weight excluding hydrogens is 689 g/mol. The standard InChI is InChI=1S/C56H32O/c1-2-9-33(10-3-1)38-19-20-39-28-49-50-30-42(44-24-22-37-18-17-35-13-8-14-36-23-26-46(44)54(37)53(35)36)31-51(56(50)57-52(49)32-41(39)27-38)55-45-16-7-5-12-40(45)29-48-43-15-6-4-11-34(43)21-25-47(48)55/h1-32H. The molecule has 1 aromatic heterocycles. The van der Waals surface area contributed by atoms with Crippen LogP contribution in [0.1, 0.15) is 0 Å².